The maximum Gasteiger partial charge on any atom is 0.425 e. The van der Waals surface area contributed by atoms with Gasteiger partial charge in [-0.05, 0) is 42.8 Å². The smallest absolute Gasteiger partial charge is 0.326 e. The molecule has 2 amide bonds. The van der Waals surface area contributed by atoms with E-state index in [0.717, 1.165) is 24.3 Å². The van der Waals surface area contributed by atoms with E-state index in [9.17, 15) is 36.7 Å². The minimum atomic E-state index is -5.47. The first kappa shape index (κ1) is 22.0. The SMILES string of the molecule is Cc1ccccc1C(=O)N[C@@]1(C(F)(F)F)C(=O)Nc2c1c(=O)[nH]c(=O)n2-c1ccc(F)cc1. The molecule has 0 aliphatic carbocycles. The molecule has 0 bridgehead atoms. The molecule has 3 N–H and O–H groups in total. The minimum Gasteiger partial charge on any atom is -0.326 e. The Kier molecular flexibility index (Phi) is 4.95. The Bertz CT molecular complexity index is 1410. The number of anilines is 1. The van der Waals surface area contributed by atoms with Crippen molar-refractivity contribution in [3.63, 3.8) is 0 Å². The Labute approximate surface area is 181 Å². The molecule has 12 heteroatoms. The fourth-order valence-electron chi connectivity index (χ4n) is 3.68. The van der Waals surface area contributed by atoms with Crippen molar-refractivity contribution in [2.75, 3.05) is 5.32 Å². The number of rotatable bonds is 3. The number of amides is 2. The first-order chi connectivity index (χ1) is 15.5. The van der Waals surface area contributed by atoms with Gasteiger partial charge in [0.1, 0.15) is 17.2 Å². The summed E-state index contributed by atoms with van der Waals surface area (Å²) in [6.07, 6.45) is -5.47. The summed E-state index contributed by atoms with van der Waals surface area (Å²) < 4.78 is 57.2. The van der Waals surface area contributed by atoms with Gasteiger partial charge in [0.25, 0.3) is 22.9 Å². The van der Waals surface area contributed by atoms with Crippen molar-refractivity contribution >= 4 is 17.6 Å². The van der Waals surface area contributed by atoms with Crippen LogP contribution in [0.1, 0.15) is 21.5 Å². The lowest BCUT2D eigenvalue weighted by atomic mass is 9.91. The normalized spacial score (nSPS) is 17.4. The third-order valence-electron chi connectivity index (χ3n) is 5.26. The Morgan fingerprint density at radius 1 is 1.03 bits per heavy atom. The van der Waals surface area contributed by atoms with Crippen molar-refractivity contribution in [1.82, 2.24) is 14.9 Å². The Morgan fingerprint density at radius 2 is 1.67 bits per heavy atom. The Hall–Kier alpha value is -4.22. The number of H-pyrrole nitrogens is 1. The molecular formula is C21H14F4N4O4. The van der Waals surface area contributed by atoms with Crippen LogP contribution < -0.4 is 21.9 Å². The quantitative estimate of drug-likeness (QED) is 0.518. The van der Waals surface area contributed by atoms with E-state index in [1.165, 1.54) is 25.1 Å². The third kappa shape index (κ3) is 3.30. The van der Waals surface area contributed by atoms with Crippen LogP contribution in [-0.4, -0.2) is 27.5 Å². The first-order valence-corrected chi connectivity index (χ1v) is 9.39. The van der Waals surface area contributed by atoms with Gasteiger partial charge in [-0.3, -0.25) is 19.4 Å². The van der Waals surface area contributed by atoms with Gasteiger partial charge in [-0.25, -0.2) is 13.8 Å². The average Bonchev–Trinajstić information content (AvgIpc) is 3.02. The molecule has 2 heterocycles. The van der Waals surface area contributed by atoms with Crippen LogP contribution in [0.2, 0.25) is 0 Å². The summed E-state index contributed by atoms with van der Waals surface area (Å²) in [6.45, 7) is 1.48. The number of alkyl halides is 3. The van der Waals surface area contributed by atoms with Crippen molar-refractivity contribution in [2.45, 2.75) is 18.6 Å². The number of benzene rings is 2. The third-order valence-corrected chi connectivity index (χ3v) is 5.26. The van der Waals surface area contributed by atoms with E-state index in [2.05, 4.69) is 0 Å². The van der Waals surface area contributed by atoms with E-state index in [1.54, 1.807) is 16.4 Å². The van der Waals surface area contributed by atoms with E-state index in [-0.39, 0.29) is 11.3 Å². The van der Waals surface area contributed by atoms with Crippen molar-refractivity contribution in [1.29, 1.82) is 0 Å². The molecule has 170 valence electrons. The Balaban J connectivity index is 1.98. The molecule has 3 aromatic rings. The summed E-state index contributed by atoms with van der Waals surface area (Å²) in [4.78, 5) is 52.3. The molecule has 0 saturated carbocycles. The van der Waals surface area contributed by atoms with E-state index < -0.39 is 52.0 Å². The van der Waals surface area contributed by atoms with Crippen molar-refractivity contribution < 1.29 is 27.2 Å². The second-order valence-electron chi connectivity index (χ2n) is 7.27. The number of nitrogens with zero attached hydrogens (tertiary/aromatic N) is 1. The largest absolute Gasteiger partial charge is 0.425 e. The zero-order valence-corrected chi connectivity index (χ0v) is 16.7. The number of fused-ring (bicyclic) bond motifs is 1. The zero-order chi connectivity index (χ0) is 24.1. The summed E-state index contributed by atoms with van der Waals surface area (Å²) >= 11 is 0. The van der Waals surface area contributed by atoms with Gasteiger partial charge in [0.2, 0.25) is 0 Å². The lowest BCUT2D eigenvalue weighted by molar-refractivity contribution is -0.196. The highest BCUT2D eigenvalue weighted by atomic mass is 19.4. The van der Waals surface area contributed by atoms with Crippen LogP contribution >= 0.6 is 0 Å². The molecule has 33 heavy (non-hydrogen) atoms. The number of nitrogens with one attached hydrogen (secondary N) is 3. The summed E-state index contributed by atoms with van der Waals surface area (Å²) in [6, 6.07) is 9.74. The number of halogens is 4. The highest BCUT2D eigenvalue weighted by Crippen LogP contribution is 2.45. The van der Waals surface area contributed by atoms with Crippen LogP contribution in [-0.2, 0) is 10.3 Å². The maximum atomic E-state index is 14.4. The second kappa shape index (κ2) is 7.43. The second-order valence-corrected chi connectivity index (χ2v) is 7.27. The summed E-state index contributed by atoms with van der Waals surface area (Å²) in [5.74, 6) is -4.51. The Morgan fingerprint density at radius 3 is 2.27 bits per heavy atom. The molecule has 1 aromatic heterocycles. The topological polar surface area (TPSA) is 113 Å². The fraction of sp³-hybridized carbons (Fsp3) is 0.143. The molecular weight excluding hydrogens is 448 g/mol. The zero-order valence-electron chi connectivity index (χ0n) is 16.7. The number of hydrogen-bond donors (Lipinski definition) is 3. The van der Waals surface area contributed by atoms with Gasteiger partial charge >= 0.3 is 11.9 Å². The van der Waals surface area contributed by atoms with Gasteiger partial charge in [0.15, 0.2) is 0 Å². The number of aryl methyl sites for hydroxylation is 1. The molecule has 1 aliphatic heterocycles. The van der Waals surface area contributed by atoms with Crippen LogP contribution in [0.4, 0.5) is 23.4 Å². The van der Waals surface area contributed by atoms with Crippen LogP contribution in [0.5, 0.6) is 0 Å². The molecule has 2 aromatic carbocycles. The van der Waals surface area contributed by atoms with E-state index in [1.807, 2.05) is 5.32 Å². The lowest BCUT2D eigenvalue weighted by Gasteiger charge is -2.30. The van der Waals surface area contributed by atoms with Gasteiger partial charge in [0.05, 0.1) is 5.69 Å². The average molecular weight is 462 g/mol. The maximum absolute atomic E-state index is 14.4. The lowest BCUT2D eigenvalue weighted by Crippen LogP contribution is -2.62. The molecule has 0 unspecified atom stereocenters. The molecule has 1 atom stereocenters. The molecule has 0 fully saturated rings. The molecule has 1 aliphatic rings. The van der Waals surface area contributed by atoms with Gasteiger partial charge in [0, 0.05) is 5.56 Å². The monoisotopic (exact) mass is 462 g/mol. The summed E-state index contributed by atoms with van der Waals surface area (Å²) in [5, 5.41) is 3.58. The number of aromatic nitrogens is 2. The standard InChI is InChI=1S/C21H14F4N4O4/c1-10-4-2-3-5-13(10)16(30)28-20(21(23,24)25)14-15(26-18(20)32)29(19(33)27-17(14)31)12-8-6-11(22)7-9-12/h2-9H,1H3,(H,26,32)(H,28,30)(H,27,31,33)/t20-/m1/s1. The molecule has 0 saturated heterocycles. The number of carbonyl (C=O) groups excluding carboxylic acids is 2. The van der Waals surface area contributed by atoms with Crippen LogP contribution in [0, 0.1) is 12.7 Å². The predicted octanol–water partition coefficient (Wildman–Crippen LogP) is 2.11. The fourth-order valence-corrected chi connectivity index (χ4v) is 3.68. The van der Waals surface area contributed by atoms with Crippen molar-refractivity contribution in [2.24, 2.45) is 0 Å². The minimum absolute atomic E-state index is 0.127. The number of aromatic amines is 1. The van der Waals surface area contributed by atoms with Crippen LogP contribution in [0.3, 0.4) is 0 Å². The van der Waals surface area contributed by atoms with Crippen LogP contribution in [0.25, 0.3) is 5.69 Å². The van der Waals surface area contributed by atoms with Crippen LogP contribution in [0.15, 0.2) is 58.1 Å². The predicted molar refractivity (Wildman–Crippen MR) is 108 cm³/mol. The summed E-state index contributed by atoms with van der Waals surface area (Å²) in [5.41, 5.74) is -7.64. The summed E-state index contributed by atoms with van der Waals surface area (Å²) in [7, 11) is 0. The van der Waals surface area contributed by atoms with Crippen molar-refractivity contribution in [3.05, 3.63) is 91.9 Å². The molecule has 4 rings (SSSR count). The first-order valence-electron chi connectivity index (χ1n) is 9.39. The van der Waals surface area contributed by atoms with E-state index in [4.69, 9.17) is 0 Å². The molecule has 8 nitrogen and oxygen atoms in total. The molecule has 0 radical (unpaired) electrons. The van der Waals surface area contributed by atoms with Crippen molar-refractivity contribution in [3.8, 4) is 5.69 Å². The highest BCUT2D eigenvalue weighted by molar-refractivity contribution is 6.09. The van der Waals surface area contributed by atoms with Gasteiger partial charge in [-0.15, -0.1) is 0 Å². The van der Waals surface area contributed by atoms with Gasteiger partial charge in [-0.1, -0.05) is 18.2 Å². The molecule has 0 spiro atoms. The van der Waals surface area contributed by atoms with E-state index in [0.29, 0.717) is 10.1 Å². The number of carbonyl (C=O) groups is 2. The number of hydrogen-bond acceptors (Lipinski definition) is 4. The highest BCUT2D eigenvalue weighted by Gasteiger charge is 2.68. The van der Waals surface area contributed by atoms with E-state index >= 15 is 0 Å². The van der Waals surface area contributed by atoms with Gasteiger partial charge in [-0.2, -0.15) is 13.2 Å². The van der Waals surface area contributed by atoms with Gasteiger partial charge < -0.3 is 10.6 Å².